The number of β-lactam (4-membered cyclic amide) rings is 1. The summed E-state index contributed by atoms with van der Waals surface area (Å²) in [7, 11) is 0. The van der Waals surface area contributed by atoms with Crippen molar-refractivity contribution in [3.8, 4) is 0 Å². The number of thiol groups is 1. The second kappa shape index (κ2) is 7.50. The van der Waals surface area contributed by atoms with Crippen LogP contribution in [0.5, 0.6) is 0 Å². The van der Waals surface area contributed by atoms with E-state index in [4.69, 9.17) is 4.52 Å². The van der Waals surface area contributed by atoms with Crippen molar-refractivity contribution < 1.29 is 24.0 Å². The number of rotatable bonds is 5. The SMILES string of the molecule is CC(=O)N(c1nc(C)no1)C1C(=O)N2CC(C(=O)O)(C(S)c3nnc(C)s3)CS[C@H]12. The molecule has 3 unspecified atom stereocenters. The summed E-state index contributed by atoms with van der Waals surface area (Å²) in [5.41, 5.74) is -1.33. The molecule has 30 heavy (non-hydrogen) atoms. The number of aryl methyl sites for hydroxylation is 2. The minimum atomic E-state index is -1.33. The first-order valence-corrected chi connectivity index (χ1v) is 11.3. The zero-order valence-corrected chi connectivity index (χ0v) is 18.7. The monoisotopic (exact) mass is 470 g/mol. The first kappa shape index (κ1) is 21.1. The van der Waals surface area contributed by atoms with Crippen molar-refractivity contribution in [3.63, 3.8) is 0 Å². The highest BCUT2D eigenvalue weighted by Crippen LogP contribution is 2.51. The van der Waals surface area contributed by atoms with Crippen LogP contribution in [-0.4, -0.2) is 71.8 Å². The summed E-state index contributed by atoms with van der Waals surface area (Å²) in [4.78, 5) is 44.2. The molecule has 0 radical (unpaired) electrons. The number of fused-ring (bicyclic) bond motifs is 1. The molecule has 2 fully saturated rings. The van der Waals surface area contributed by atoms with E-state index in [1.165, 1.54) is 39.8 Å². The predicted octanol–water partition coefficient (Wildman–Crippen LogP) is 0.917. The number of carbonyl (C=O) groups is 3. The quantitative estimate of drug-likeness (QED) is 0.478. The molecule has 2 amide bonds. The first-order valence-electron chi connectivity index (χ1n) is 8.89. The smallest absolute Gasteiger partial charge is 0.331 e. The topological polar surface area (TPSA) is 143 Å². The van der Waals surface area contributed by atoms with E-state index in [1.54, 1.807) is 13.8 Å². The minimum Gasteiger partial charge on any atom is -0.481 e. The molecule has 1 N–H and O–H groups in total. The lowest BCUT2D eigenvalue weighted by Crippen LogP contribution is -2.74. The zero-order valence-electron chi connectivity index (χ0n) is 16.2. The van der Waals surface area contributed by atoms with Gasteiger partial charge in [0.1, 0.15) is 26.8 Å². The Labute approximate surface area is 184 Å². The summed E-state index contributed by atoms with van der Waals surface area (Å²) in [5, 5.41) is 21.8. The van der Waals surface area contributed by atoms with Crippen LogP contribution >= 0.6 is 35.7 Å². The summed E-state index contributed by atoms with van der Waals surface area (Å²) in [6, 6.07) is -0.883. The van der Waals surface area contributed by atoms with Crippen LogP contribution in [0, 0.1) is 19.3 Å². The van der Waals surface area contributed by atoms with Crippen molar-refractivity contribution in [2.75, 3.05) is 17.2 Å². The molecule has 160 valence electrons. The van der Waals surface area contributed by atoms with Gasteiger partial charge in [-0.05, 0) is 13.8 Å². The van der Waals surface area contributed by atoms with E-state index in [-0.39, 0.29) is 24.2 Å². The number of amides is 2. The molecule has 0 saturated carbocycles. The van der Waals surface area contributed by atoms with E-state index in [0.29, 0.717) is 15.8 Å². The molecule has 2 aliphatic heterocycles. The molecule has 2 aromatic rings. The first-order chi connectivity index (χ1) is 14.2. The molecule has 4 heterocycles. The van der Waals surface area contributed by atoms with Gasteiger partial charge < -0.3 is 14.5 Å². The molecular weight excluding hydrogens is 452 g/mol. The van der Waals surface area contributed by atoms with Gasteiger partial charge in [-0.25, -0.2) is 4.90 Å². The van der Waals surface area contributed by atoms with Gasteiger partial charge in [0.2, 0.25) is 11.8 Å². The Morgan fingerprint density at radius 3 is 2.67 bits per heavy atom. The van der Waals surface area contributed by atoms with Gasteiger partial charge in [0.25, 0.3) is 0 Å². The maximum absolute atomic E-state index is 13.0. The van der Waals surface area contributed by atoms with Gasteiger partial charge >= 0.3 is 12.0 Å². The van der Waals surface area contributed by atoms with Crippen LogP contribution in [0.1, 0.15) is 28.0 Å². The molecule has 4 rings (SSSR count). The van der Waals surface area contributed by atoms with Gasteiger partial charge in [-0.2, -0.15) is 17.6 Å². The number of nitrogens with zero attached hydrogens (tertiary/aromatic N) is 6. The summed E-state index contributed by atoms with van der Waals surface area (Å²) in [5.74, 6) is -1.32. The van der Waals surface area contributed by atoms with Gasteiger partial charge in [-0.1, -0.05) is 5.16 Å². The maximum Gasteiger partial charge on any atom is 0.331 e. The summed E-state index contributed by atoms with van der Waals surface area (Å²) >= 11 is 7.12. The molecule has 4 atom stereocenters. The highest BCUT2D eigenvalue weighted by Gasteiger charge is 2.62. The molecule has 0 aromatic carbocycles. The Kier molecular flexibility index (Phi) is 5.26. The van der Waals surface area contributed by atoms with Crippen LogP contribution in [0.4, 0.5) is 6.01 Å². The van der Waals surface area contributed by atoms with Crippen LogP contribution in [0.2, 0.25) is 0 Å². The number of carbonyl (C=O) groups excluding carboxylic acids is 2. The molecule has 0 aliphatic carbocycles. The Bertz CT molecular complexity index is 1030. The number of thioether (sulfide) groups is 1. The van der Waals surface area contributed by atoms with Gasteiger partial charge in [0, 0.05) is 19.2 Å². The number of carboxylic acids is 1. The second-order valence-electron chi connectivity index (χ2n) is 7.15. The Morgan fingerprint density at radius 2 is 2.13 bits per heavy atom. The van der Waals surface area contributed by atoms with Crippen LogP contribution in [0.25, 0.3) is 0 Å². The normalized spacial score (nSPS) is 26.7. The second-order valence-corrected chi connectivity index (χ2v) is 9.98. The van der Waals surface area contributed by atoms with Crippen molar-refractivity contribution in [1.29, 1.82) is 0 Å². The lowest BCUT2D eigenvalue weighted by molar-refractivity contribution is -0.157. The maximum atomic E-state index is 13.0. The fraction of sp³-hybridized carbons (Fsp3) is 0.562. The largest absolute Gasteiger partial charge is 0.481 e. The van der Waals surface area contributed by atoms with Crippen molar-refractivity contribution in [1.82, 2.24) is 25.2 Å². The molecule has 2 aromatic heterocycles. The van der Waals surface area contributed by atoms with E-state index < -0.39 is 34.0 Å². The van der Waals surface area contributed by atoms with Gasteiger partial charge in [0.15, 0.2) is 5.82 Å². The molecule has 2 aliphatic rings. The van der Waals surface area contributed by atoms with Crippen molar-refractivity contribution in [2.45, 2.75) is 37.4 Å². The average molecular weight is 471 g/mol. The Hall–Kier alpha value is -2.19. The van der Waals surface area contributed by atoms with Gasteiger partial charge in [-0.15, -0.1) is 33.3 Å². The summed E-state index contributed by atoms with van der Waals surface area (Å²) < 4.78 is 5.09. The van der Waals surface area contributed by atoms with Crippen LogP contribution in [0.15, 0.2) is 4.52 Å². The standard InChI is InChI=1S/C16H18N6O5S3/c1-6-17-15(27-20-6)22(8(3)23)9-12(24)21-4-16(14(25)26,5-29-13(9)21)10(28)11-19-18-7(2)30-11/h9-10,13,28H,4-5H2,1-3H3,(H,25,26)/t9?,10?,13-,16?/m1/s1. The predicted molar refractivity (Wildman–Crippen MR) is 110 cm³/mol. The highest BCUT2D eigenvalue weighted by molar-refractivity contribution is 8.00. The number of hydrogen-bond acceptors (Lipinski definition) is 11. The van der Waals surface area contributed by atoms with E-state index in [9.17, 15) is 19.5 Å². The van der Waals surface area contributed by atoms with Crippen LogP contribution in [-0.2, 0) is 14.4 Å². The Morgan fingerprint density at radius 1 is 1.40 bits per heavy atom. The van der Waals surface area contributed by atoms with E-state index in [0.717, 1.165) is 0 Å². The number of carboxylic acid groups (broad SMARTS) is 1. The van der Waals surface area contributed by atoms with E-state index in [1.807, 2.05) is 0 Å². The number of aromatic nitrogens is 4. The van der Waals surface area contributed by atoms with Crippen molar-refractivity contribution in [3.05, 3.63) is 15.8 Å². The highest BCUT2D eigenvalue weighted by atomic mass is 32.2. The van der Waals surface area contributed by atoms with Crippen molar-refractivity contribution in [2.24, 2.45) is 5.41 Å². The number of anilines is 1. The Balaban J connectivity index is 1.60. The molecule has 0 spiro atoms. The fourth-order valence-corrected chi connectivity index (χ4v) is 6.63. The summed E-state index contributed by atoms with van der Waals surface area (Å²) in [6.45, 7) is 4.65. The molecule has 11 nitrogen and oxygen atoms in total. The third-order valence-electron chi connectivity index (χ3n) is 5.14. The zero-order chi connectivity index (χ0) is 21.8. The van der Waals surface area contributed by atoms with Gasteiger partial charge in [-0.3, -0.25) is 14.4 Å². The van der Waals surface area contributed by atoms with Crippen molar-refractivity contribution >= 4 is 59.5 Å². The minimum absolute atomic E-state index is 0.0449. The van der Waals surface area contributed by atoms with E-state index in [2.05, 4.69) is 33.0 Å². The van der Waals surface area contributed by atoms with Gasteiger partial charge in [0.05, 0.1) is 5.25 Å². The molecular formula is C16H18N6O5S3. The fourth-order valence-electron chi connectivity index (χ4n) is 3.58. The van der Waals surface area contributed by atoms with Crippen LogP contribution in [0.3, 0.4) is 0 Å². The molecule has 2 saturated heterocycles. The number of hydrogen-bond donors (Lipinski definition) is 2. The van der Waals surface area contributed by atoms with E-state index >= 15 is 0 Å². The lowest BCUT2D eigenvalue weighted by atomic mass is 9.83. The molecule has 0 bridgehead atoms. The third-order valence-corrected chi connectivity index (χ3v) is 8.50. The third kappa shape index (κ3) is 3.17. The number of aliphatic carboxylic acids is 1. The van der Waals surface area contributed by atoms with Crippen LogP contribution < -0.4 is 4.90 Å². The molecule has 14 heteroatoms. The summed E-state index contributed by atoms with van der Waals surface area (Å²) in [6.07, 6.45) is 0. The average Bonchev–Trinajstić information content (AvgIpc) is 3.32. The lowest BCUT2D eigenvalue weighted by Gasteiger charge is -2.56.